The zero-order valence-corrected chi connectivity index (χ0v) is 20.3. The lowest BCUT2D eigenvalue weighted by molar-refractivity contribution is -0.150. The van der Waals surface area contributed by atoms with Crippen LogP contribution in [0.5, 0.6) is 17.2 Å². The summed E-state index contributed by atoms with van der Waals surface area (Å²) < 4.78 is 26.0. The number of hydrogen-bond donors (Lipinski definition) is 1. The number of ether oxygens (including phenoxy) is 5. The molecule has 12 heteroatoms. The number of esters is 2. The van der Waals surface area contributed by atoms with Gasteiger partial charge in [0.15, 0.2) is 17.3 Å². The van der Waals surface area contributed by atoms with Crippen molar-refractivity contribution in [3.8, 4) is 17.2 Å². The van der Waals surface area contributed by atoms with E-state index < -0.39 is 23.8 Å². The van der Waals surface area contributed by atoms with Crippen LogP contribution in [-0.2, 0) is 19.1 Å². The van der Waals surface area contributed by atoms with E-state index in [2.05, 4.69) is 15.3 Å². The van der Waals surface area contributed by atoms with Crippen molar-refractivity contribution in [2.24, 2.45) is 11.8 Å². The first-order valence-corrected chi connectivity index (χ1v) is 10.7. The third-order valence-electron chi connectivity index (χ3n) is 5.50. The van der Waals surface area contributed by atoms with Crippen LogP contribution in [-0.4, -0.2) is 70.5 Å². The quantitative estimate of drug-likeness (QED) is 0.545. The first-order valence-electron chi connectivity index (χ1n) is 10.4. The van der Waals surface area contributed by atoms with Crippen molar-refractivity contribution in [3.63, 3.8) is 0 Å². The van der Waals surface area contributed by atoms with E-state index in [1.807, 2.05) is 0 Å². The molecule has 34 heavy (non-hydrogen) atoms. The molecule has 3 rings (SSSR count). The molecule has 2 aromatic rings. The second kappa shape index (κ2) is 11.1. The molecule has 0 amide bonds. The fraction of sp³-hybridized carbons (Fsp3) is 0.455. The number of methoxy groups -OCH3 is 5. The third-order valence-corrected chi connectivity index (χ3v) is 5.76. The minimum Gasteiger partial charge on any atom is -0.493 e. The molecule has 1 aliphatic rings. The Morgan fingerprint density at radius 2 is 1.59 bits per heavy atom. The van der Waals surface area contributed by atoms with Gasteiger partial charge in [-0.25, -0.2) is 4.98 Å². The van der Waals surface area contributed by atoms with Crippen LogP contribution < -0.4 is 24.4 Å². The summed E-state index contributed by atoms with van der Waals surface area (Å²) in [5, 5.41) is 3.36. The van der Waals surface area contributed by atoms with E-state index >= 15 is 0 Å². The third kappa shape index (κ3) is 5.19. The summed E-state index contributed by atoms with van der Waals surface area (Å²) in [5.74, 6) is -0.0418. The van der Waals surface area contributed by atoms with Crippen molar-refractivity contribution in [2.75, 3.05) is 58.9 Å². The maximum Gasteiger partial charge on any atom is 0.310 e. The Balaban J connectivity index is 1.94. The molecule has 2 atom stereocenters. The maximum atomic E-state index is 12.3. The Bertz CT molecular complexity index is 1030. The number of halogens is 1. The van der Waals surface area contributed by atoms with Crippen molar-refractivity contribution in [3.05, 3.63) is 23.4 Å². The van der Waals surface area contributed by atoms with Gasteiger partial charge in [-0.2, -0.15) is 4.98 Å². The molecular formula is C22H27ClN4O7. The van der Waals surface area contributed by atoms with Gasteiger partial charge in [0.1, 0.15) is 5.02 Å². The number of nitrogens with one attached hydrogen (secondary N) is 1. The largest absolute Gasteiger partial charge is 0.493 e. The number of hydrogen-bond acceptors (Lipinski definition) is 11. The van der Waals surface area contributed by atoms with Crippen molar-refractivity contribution in [1.29, 1.82) is 0 Å². The average Bonchev–Trinajstić information content (AvgIpc) is 2.87. The number of rotatable bonds is 8. The molecule has 184 valence electrons. The van der Waals surface area contributed by atoms with Crippen molar-refractivity contribution < 1.29 is 33.3 Å². The Kier molecular flexibility index (Phi) is 8.21. The van der Waals surface area contributed by atoms with Gasteiger partial charge in [0.2, 0.25) is 11.7 Å². The number of benzene rings is 1. The van der Waals surface area contributed by atoms with Gasteiger partial charge in [-0.1, -0.05) is 11.6 Å². The molecular weight excluding hydrogens is 468 g/mol. The highest BCUT2D eigenvalue weighted by Crippen LogP contribution is 2.43. The standard InChI is InChI=1S/C22H27ClN4O7/c1-30-16-7-6-15(17(31-2)18(16)32-3)25-22-24-9-14(23)19(26-22)27-10-12(20(28)33-4)8-13(11-27)21(29)34-5/h6-7,9,12-13H,8,10-11H2,1-5H3,(H,24,25,26)/t12-,13+. The molecule has 0 bridgehead atoms. The summed E-state index contributed by atoms with van der Waals surface area (Å²) >= 11 is 6.41. The molecule has 1 aliphatic heterocycles. The van der Waals surface area contributed by atoms with Crippen LogP contribution >= 0.6 is 11.6 Å². The number of nitrogens with zero attached hydrogens (tertiary/aromatic N) is 3. The lowest BCUT2D eigenvalue weighted by atomic mass is 9.89. The van der Waals surface area contributed by atoms with E-state index in [-0.39, 0.29) is 24.1 Å². The molecule has 0 unspecified atom stereocenters. The Labute approximate surface area is 202 Å². The van der Waals surface area contributed by atoms with Gasteiger partial charge in [0.25, 0.3) is 0 Å². The molecule has 2 heterocycles. The van der Waals surface area contributed by atoms with Gasteiger partial charge in [-0.15, -0.1) is 0 Å². The molecule has 0 radical (unpaired) electrons. The molecule has 1 fully saturated rings. The number of anilines is 3. The molecule has 0 spiro atoms. The molecule has 1 saturated heterocycles. The molecule has 0 saturated carbocycles. The summed E-state index contributed by atoms with van der Waals surface area (Å²) in [6.45, 7) is 0.548. The van der Waals surface area contributed by atoms with Crippen LogP contribution in [0.25, 0.3) is 0 Å². The summed E-state index contributed by atoms with van der Waals surface area (Å²) in [6, 6.07) is 3.45. The fourth-order valence-corrected chi connectivity index (χ4v) is 4.12. The first kappa shape index (κ1) is 25.2. The fourth-order valence-electron chi connectivity index (χ4n) is 3.91. The van der Waals surface area contributed by atoms with E-state index in [4.69, 9.17) is 35.3 Å². The topological polar surface area (TPSA) is 121 Å². The highest BCUT2D eigenvalue weighted by molar-refractivity contribution is 6.32. The van der Waals surface area contributed by atoms with E-state index in [1.165, 1.54) is 41.7 Å². The number of aromatic nitrogens is 2. The minimum atomic E-state index is -0.545. The highest BCUT2D eigenvalue weighted by Gasteiger charge is 2.37. The Morgan fingerprint density at radius 3 is 2.12 bits per heavy atom. The summed E-state index contributed by atoms with van der Waals surface area (Å²) in [7, 11) is 7.16. The van der Waals surface area contributed by atoms with Crippen LogP contribution in [0.3, 0.4) is 0 Å². The zero-order chi connectivity index (χ0) is 24.8. The van der Waals surface area contributed by atoms with Gasteiger partial charge < -0.3 is 33.9 Å². The predicted molar refractivity (Wildman–Crippen MR) is 124 cm³/mol. The Morgan fingerprint density at radius 1 is 0.971 bits per heavy atom. The second-order valence-corrected chi connectivity index (χ2v) is 7.86. The number of carbonyl (C=O) groups is 2. The van der Waals surface area contributed by atoms with Crippen LogP contribution in [0.2, 0.25) is 5.02 Å². The normalized spacial score (nSPS) is 17.5. The number of carbonyl (C=O) groups excluding carboxylic acids is 2. The summed E-state index contributed by atoms with van der Waals surface area (Å²) in [6.07, 6.45) is 1.75. The van der Waals surface area contributed by atoms with Gasteiger partial charge in [0.05, 0.1) is 59.3 Å². The van der Waals surface area contributed by atoms with Gasteiger partial charge in [0, 0.05) is 13.1 Å². The van der Waals surface area contributed by atoms with E-state index in [1.54, 1.807) is 17.0 Å². The highest BCUT2D eigenvalue weighted by atomic mass is 35.5. The van der Waals surface area contributed by atoms with E-state index in [0.29, 0.717) is 35.2 Å². The SMILES string of the molecule is COC(=O)[C@@H]1C[C@H](C(=O)OC)CN(c2nc(Nc3ccc(OC)c(OC)c3OC)ncc2Cl)C1. The summed E-state index contributed by atoms with van der Waals surface area (Å²) in [5.41, 5.74) is 0.534. The molecule has 0 aliphatic carbocycles. The smallest absolute Gasteiger partial charge is 0.310 e. The monoisotopic (exact) mass is 494 g/mol. The Hall–Kier alpha value is -3.47. The lowest BCUT2D eigenvalue weighted by Gasteiger charge is -2.36. The van der Waals surface area contributed by atoms with Crippen molar-refractivity contribution >= 4 is 41.0 Å². The summed E-state index contributed by atoms with van der Waals surface area (Å²) in [4.78, 5) is 35.1. The van der Waals surface area contributed by atoms with E-state index in [9.17, 15) is 9.59 Å². The van der Waals surface area contributed by atoms with Crippen molar-refractivity contribution in [2.45, 2.75) is 6.42 Å². The molecule has 1 aromatic carbocycles. The second-order valence-electron chi connectivity index (χ2n) is 7.45. The van der Waals surface area contributed by atoms with Gasteiger partial charge >= 0.3 is 11.9 Å². The first-order chi connectivity index (χ1) is 16.4. The molecule has 1 aromatic heterocycles. The molecule has 1 N–H and O–H groups in total. The average molecular weight is 495 g/mol. The number of piperidine rings is 1. The zero-order valence-electron chi connectivity index (χ0n) is 19.6. The van der Waals surface area contributed by atoms with Crippen LogP contribution in [0.4, 0.5) is 17.5 Å². The van der Waals surface area contributed by atoms with Crippen LogP contribution in [0.1, 0.15) is 6.42 Å². The van der Waals surface area contributed by atoms with Crippen LogP contribution in [0.15, 0.2) is 18.3 Å². The van der Waals surface area contributed by atoms with Gasteiger partial charge in [-0.3, -0.25) is 9.59 Å². The minimum absolute atomic E-state index is 0.222. The van der Waals surface area contributed by atoms with E-state index in [0.717, 1.165) is 0 Å². The van der Waals surface area contributed by atoms with Crippen molar-refractivity contribution in [1.82, 2.24) is 9.97 Å². The molecule has 11 nitrogen and oxygen atoms in total. The lowest BCUT2D eigenvalue weighted by Crippen LogP contribution is -2.46. The maximum absolute atomic E-state index is 12.3. The van der Waals surface area contributed by atoms with Gasteiger partial charge in [-0.05, 0) is 18.6 Å². The van der Waals surface area contributed by atoms with Crippen LogP contribution in [0, 0.1) is 11.8 Å². The predicted octanol–water partition coefficient (Wildman–Crippen LogP) is 2.69.